The molecule has 0 aromatic carbocycles. The Balaban J connectivity index is 1.79. The third-order valence-corrected chi connectivity index (χ3v) is 2.94. The van der Waals surface area contributed by atoms with E-state index in [-0.39, 0.29) is 0 Å². The van der Waals surface area contributed by atoms with Crippen LogP contribution in [0.2, 0.25) is 5.15 Å². The Hall–Kier alpha value is -2.07. The van der Waals surface area contributed by atoms with Crippen molar-refractivity contribution in [3.8, 4) is 0 Å². The van der Waals surface area contributed by atoms with Gasteiger partial charge >= 0.3 is 0 Å². The fraction of sp³-hybridized carbons (Fsp3) is 0.0769. The zero-order valence-corrected chi connectivity index (χ0v) is 10.3. The minimum absolute atomic E-state index is 0.497. The SMILES string of the molecule is Clc1ccc(NCc2cnn3ccccc23)cn1. The second kappa shape index (κ2) is 4.66. The highest BCUT2D eigenvalue weighted by Gasteiger charge is 2.02. The number of fused-ring (bicyclic) bond motifs is 1. The van der Waals surface area contributed by atoms with Crippen molar-refractivity contribution in [2.75, 3.05) is 5.32 Å². The van der Waals surface area contributed by atoms with Gasteiger partial charge in [0.25, 0.3) is 0 Å². The summed E-state index contributed by atoms with van der Waals surface area (Å²) in [5.41, 5.74) is 3.19. The summed E-state index contributed by atoms with van der Waals surface area (Å²) < 4.78 is 1.86. The van der Waals surface area contributed by atoms with Crippen LogP contribution in [0.3, 0.4) is 0 Å². The molecule has 0 aliphatic rings. The Kier molecular flexibility index (Phi) is 2.86. The van der Waals surface area contributed by atoms with E-state index in [0.717, 1.165) is 16.8 Å². The lowest BCUT2D eigenvalue weighted by molar-refractivity contribution is 0.961. The first kappa shape index (κ1) is 11.0. The van der Waals surface area contributed by atoms with E-state index < -0.39 is 0 Å². The first-order valence-corrected chi connectivity index (χ1v) is 5.97. The molecule has 0 fully saturated rings. The number of pyridine rings is 2. The molecule has 0 aliphatic carbocycles. The number of halogens is 1. The maximum absolute atomic E-state index is 5.74. The Morgan fingerprint density at radius 3 is 2.94 bits per heavy atom. The van der Waals surface area contributed by atoms with Crippen molar-refractivity contribution in [1.29, 1.82) is 0 Å². The third-order valence-electron chi connectivity index (χ3n) is 2.72. The van der Waals surface area contributed by atoms with Gasteiger partial charge in [-0.15, -0.1) is 0 Å². The highest BCUT2D eigenvalue weighted by molar-refractivity contribution is 6.29. The predicted molar refractivity (Wildman–Crippen MR) is 71.8 cm³/mol. The van der Waals surface area contributed by atoms with Crippen molar-refractivity contribution in [3.05, 3.63) is 59.6 Å². The van der Waals surface area contributed by atoms with Crippen LogP contribution in [0, 0.1) is 0 Å². The van der Waals surface area contributed by atoms with E-state index in [0.29, 0.717) is 11.7 Å². The summed E-state index contributed by atoms with van der Waals surface area (Å²) in [5.74, 6) is 0. The summed E-state index contributed by atoms with van der Waals surface area (Å²) >= 11 is 5.74. The normalized spacial score (nSPS) is 10.7. The topological polar surface area (TPSA) is 42.2 Å². The predicted octanol–water partition coefficient (Wildman–Crippen LogP) is 2.99. The average Bonchev–Trinajstić information content (AvgIpc) is 2.82. The second-order valence-corrected chi connectivity index (χ2v) is 4.31. The van der Waals surface area contributed by atoms with E-state index in [2.05, 4.69) is 15.4 Å². The molecule has 5 heteroatoms. The second-order valence-electron chi connectivity index (χ2n) is 3.92. The first-order valence-electron chi connectivity index (χ1n) is 5.59. The molecular weight excluding hydrogens is 248 g/mol. The van der Waals surface area contributed by atoms with Crippen molar-refractivity contribution < 1.29 is 0 Å². The summed E-state index contributed by atoms with van der Waals surface area (Å²) in [6.07, 6.45) is 5.52. The summed E-state index contributed by atoms with van der Waals surface area (Å²) in [4.78, 5) is 4.02. The molecule has 4 nitrogen and oxygen atoms in total. The largest absolute Gasteiger partial charge is 0.380 e. The Morgan fingerprint density at radius 1 is 1.17 bits per heavy atom. The van der Waals surface area contributed by atoms with Crippen LogP contribution in [0.5, 0.6) is 0 Å². The number of nitrogens with zero attached hydrogens (tertiary/aromatic N) is 3. The van der Waals surface area contributed by atoms with Crippen molar-refractivity contribution >= 4 is 22.8 Å². The molecule has 3 aromatic heterocycles. The van der Waals surface area contributed by atoms with Crippen molar-refractivity contribution in [1.82, 2.24) is 14.6 Å². The minimum Gasteiger partial charge on any atom is -0.380 e. The van der Waals surface area contributed by atoms with Crippen molar-refractivity contribution in [3.63, 3.8) is 0 Å². The molecule has 0 amide bonds. The van der Waals surface area contributed by atoms with Crippen LogP contribution >= 0.6 is 11.6 Å². The number of anilines is 1. The molecule has 18 heavy (non-hydrogen) atoms. The quantitative estimate of drug-likeness (QED) is 0.735. The van der Waals surface area contributed by atoms with Gasteiger partial charge in [-0.1, -0.05) is 17.7 Å². The third kappa shape index (κ3) is 2.15. The Morgan fingerprint density at radius 2 is 2.11 bits per heavy atom. The van der Waals surface area contributed by atoms with E-state index in [1.165, 1.54) is 0 Å². The van der Waals surface area contributed by atoms with Gasteiger partial charge in [0, 0.05) is 18.3 Å². The van der Waals surface area contributed by atoms with Crippen LogP contribution in [0.4, 0.5) is 5.69 Å². The van der Waals surface area contributed by atoms with Gasteiger partial charge in [-0.25, -0.2) is 9.50 Å². The number of hydrogen-bond donors (Lipinski definition) is 1. The Labute approximate surface area is 109 Å². The highest BCUT2D eigenvalue weighted by atomic mass is 35.5. The van der Waals surface area contributed by atoms with Gasteiger partial charge in [-0.2, -0.15) is 5.10 Å². The van der Waals surface area contributed by atoms with E-state index in [1.807, 2.05) is 41.2 Å². The van der Waals surface area contributed by atoms with E-state index >= 15 is 0 Å². The number of hydrogen-bond acceptors (Lipinski definition) is 3. The van der Waals surface area contributed by atoms with Crippen LogP contribution in [0.1, 0.15) is 5.56 Å². The molecule has 3 aromatic rings. The summed E-state index contributed by atoms with van der Waals surface area (Å²) in [7, 11) is 0. The monoisotopic (exact) mass is 258 g/mol. The fourth-order valence-electron chi connectivity index (χ4n) is 1.80. The summed E-state index contributed by atoms with van der Waals surface area (Å²) in [6.45, 7) is 0.705. The smallest absolute Gasteiger partial charge is 0.129 e. The van der Waals surface area contributed by atoms with Gasteiger partial charge in [0.15, 0.2) is 0 Å². The molecule has 0 bridgehead atoms. The molecule has 0 atom stereocenters. The van der Waals surface area contributed by atoms with Gasteiger partial charge in [0.05, 0.1) is 23.6 Å². The zero-order valence-electron chi connectivity index (χ0n) is 9.55. The van der Waals surface area contributed by atoms with Gasteiger partial charge in [0.1, 0.15) is 5.15 Å². The molecule has 3 heterocycles. The lowest BCUT2D eigenvalue weighted by Gasteiger charge is -2.04. The van der Waals surface area contributed by atoms with Crippen LogP contribution in [-0.2, 0) is 6.54 Å². The summed E-state index contributed by atoms with van der Waals surface area (Å²) in [6, 6.07) is 9.68. The lowest BCUT2D eigenvalue weighted by Crippen LogP contribution is -1.99. The average molecular weight is 259 g/mol. The highest BCUT2D eigenvalue weighted by Crippen LogP contribution is 2.14. The lowest BCUT2D eigenvalue weighted by atomic mass is 10.2. The first-order chi connectivity index (χ1) is 8.83. The molecule has 0 radical (unpaired) electrons. The standard InChI is InChI=1S/C13H11ClN4/c14-13-5-4-11(9-16-13)15-7-10-8-17-18-6-2-1-3-12(10)18/h1-6,8-9,15H,7H2. The fourth-order valence-corrected chi connectivity index (χ4v) is 1.91. The minimum atomic E-state index is 0.497. The molecule has 3 rings (SSSR count). The molecular formula is C13H11ClN4. The molecule has 0 saturated carbocycles. The van der Waals surface area contributed by atoms with Crippen LogP contribution < -0.4 is 5.32 Å². The van der Waals surface area contributed by atoms with Crippen molar-refractivity contribution in [2.24, 2.45) is 0 Å². The van der Waals surface area contributed by atoms with Crippen LogP contribution in [-0.4, -0.2) is 14.6 Å². The van der Waals surface area contributed by atoms with Gasteiger partial charge in [0.2, 0.25) is 0 Å². The molecule has 0 saturated heterocycles. The van der Waals surface area contributed by atoms with Gasteiger partial charge < -0.3 is 5.32 Å². The maximum atomic E-state index is 5.74. The van der Waals surface area contributed by atoms with Crippen molar-refractivity contribution in [2.45, 2.75) is 6.54 Å². The molecule has 90 valence electrons. The summed E-state index contributed by atoms with van der Waals surface area (Å²) in [5, 5.41) is 8.07. The number of nitrogens with one attached hydrogen (secondary N) is 1. The van der Waals surface area contributed by atoms with E-state index in [9.17, 15) is 0 Å². The van der Waals surface area contributed by atoms with Crippen LogP contribution in [0.25, 0.3) is 5.52 Å². The van der Waals surface area contributed by atoms with Crippen LogP contribution in [0.15, 0.2) is 48.9 Å². The molecule has 0 spiro atoms. The van der Waals surface area contributed by atoms with E-state index in [4.69, 9.17) is 11.6 Å². The Bertz CT molecular complexity index is 660. The number of aromatic nitrogens is 3. The van der Waals surface area contributed by atoms with Gasteiger partial charge in [-0.3, -0.25) is 0 Å². The molecule has 0 aliphatic heterocycles. The molecule has 1 N–H and O–H groups in total. The maximum Gasteiger partial charge on any atom is 0.129 e. The number of rotatable bonds is 3. The van der Waals surface area contributed by atoms with E-state index in [1.54, 1.807) is 12.3 Å². The zero-order chi connectivity index (χ0) is 12.4. The molecule has 0 unspecified atom stereocenters. The van der Waals surface area contributed by atoms with Gasteiger partial charge in [-0.05, 0) is 24.3 Å².